The molecule has 1 heterocycles. The van der Waals surface area contributed by atoms with Gasteiger partial charge in [0.05, 0.1) is 23.9 Å². The number of methoxy groups -OCH3 is 1. The molecule has 3 amide bonds. The van der Waals surface area contributed by atoms with Crippen LogP contribution in [0, 0.1) is 6.92 Å². The molecule has 1 aliphatic heterocycles. The van der Waals surface area contributed by atoms with Crippen molar-refractivity contribution in [1.29, 1.82) is 0 Å². The third-order valence-corrected chi connectivity index (χ3v) is 5.62. The van der Waals surface area contributed by atoms with Crippen LogP contribution in [0.25, 0.3) is 0 Å². The fourth-order valence-corrected chi connectivity index (χ4v) is 3.81. The number of benzene rings is 2. The van der Waals surface area contributed by atoms with Crippen molar-refractivity contribution in [2.45, 2.75) is 25.9 Å². The summed E-state index contributed by atoms with van der Waals surface area (Å²) in [5, 5.41) is 9.10. The van der Waals surface area contributed by atoms with Gasteiger partial charge in [-0.2, -0.15) is 5.10 Å². The lowest BCUT2D eigenvalue weighted by Gasteiger charge is -2.13. The number of amides is 3. The third kappa shape index (κ3) is 8.08. The Kier molecular flexibility index (Phi) is 9.62. The van der Waals surface area contributed by atoms with E-state index < -0.39 is 11.8 Å². The number of rotatable bonds is 9. The van der Waals surface area contributed by atoms with Gasteiger partial charge in [-0.05, 0) is 65.5 Å². The zero-order valence-electron chi connectivity index (χ0n) is 19.4. The van der Waals surface area contributed by atoms with E-state index in [1.807, 2.05) is 31.2 Å². The van der Waals surface area contributed by atoms with E-state index in [9.17, 15) is 14.4 Å². The van der Waals surface area contributed by atoms with Gasteiger partial charge < -0.3 is 24.8 Å². The largest absolute Gasteiger partial charge is 0.493 e. The molecule has 1 saturated heterocycles. The minimum absolute atomic E-state index is 0.0607. The van der Waals surface area contributed by atoms with E-state index in [4.69, 9.17) is 14.2 Å². The van der Waals surface area contributed by atoms with E-state index in [0.717, 1.165) is 18.4 Å². The molecule has 0 aliphatic carbocycles. The van der Waals surface area contributed by atoms with E-state index in [1.54, 1.807) is 12.1 Å². The van der Waals surface area contributed by atoms with Crippen LogP contribution in [-0.2, 0) is 19.1 Å². The number of carbonyl (C=O) groups is 3. The molecular formula is C24H27BrN4O6. The predicted molar refractivity (Wildman–Crippen MR) is 134 cm³/mol. The van der Waals surface area contributed by atoms with Crippen molar-refractivity contribution in [1.82, 2.24) is 10.7 Å². The highest BCUT2D eigenvalue weighted by atomic mass is 79.9. The fraction of sp³-hybridized carbons (Fsp3) is 0.333. The van der Waals surface area contributed by atoms with Gasteiger partial charge in [0.15, 0.2) is 18.1 Å². The normalized spacial score (nSPS) is 15.0. The lowest BCUT2D eigenvalue weighted by atomic mass is 10.2. The maximum Gasteiger partial charge on any atom is 0.329 e. The highest BCUT2D eigenvalue weighted by Crippen LogP contribution is 2.36. The number of hydrazone groups is 1. The maximum atomic E-state index is 12.2. The van der Waals surface area contributed by atoms with Gasteiger partial charge in [-0.25, -0.2) is 5.43 Å². The molecule has 3 rings (SSSR count). The molecule has 1 atom stereocenters. The fourth-order valence-electron chi connectivity index (χ4n) is 3.23. The van der Waals surface area contributed by atoms with Crippen LogP contribution in [0.4, 0.5) is 5.69 Å². The summed E-state index contributed by atoms with van der Waals surface area (Å²) in [6.45, 7) is 2.68. The Balaban J connectivity index is 1.52. The first-order chi connectivity index (χ1) is 16.9. The van der Waals surface area contributed by atoms with Crippen molar-refractivity contribution in [2.24, 2.45) is 5.10 Å². The summed E-state index contributed by atoms with van der Waals surface area (Å²) in [6.07, 6.45) is 3.09. The van der Waals surface area contributed by atoms with Crippen molar-refractivity contribution in [3.05, 3.63) is 52.0 Å². The van der Waals surface area contributed by atoms with Gasteiger partial charge in [-0.15, -0.1) is 0 Å². The summed E-state index contributed by atoms with van der Waals surface area (Å²) in [5.41, 5.74) is 4.50. The SMILES string of the molecule is COc1cc(/C=N\NC(=O)C(=O)NC[C@H]2CCCO2)cc(Br)c1OCC(=O)Nc1ccc(C)cc1. The standard InChI is InChI=1S/C24H27BrN4O6/c1-15-5-7-17(8-6-15)28-21(30)14-35-22-19(25)10-16(11-20(22)33-2)12-27-29-24(32)23(31)26-13-18-4-3-9-34-18/h5-8,10-12,18H,3-4,9,13-14H2,1-2H3,(H,26,31)(H,28,30)(H,29,32)/b27-12-/t18-/m1/s1. The van der Waals surface area contributed by atoms with E-state index in [1.165, 1.54) is 13.3 Å². The molecule has 0 unspecified atom stereocenters. The molecule has 0 aromatic heterocycles. The smallest absolute Gasteiger partial charge is 0.329 e. The Hall–Kier alpha value is -3.44. The number of carbonyl (C=O) groups excluding carboxylic acids is 3. The van der Waals surface area contributed by atoms with Crippen LogP contribution < -0.4 is 25.5 Å². The number of aryl methyl sites for hydroxylation is 1. The molecule has 0 spiro atoms. The first-order valence-corrected chi connectivity index (χ1v) is 11.7. The first-order valence-electron chi connectivity index (χ1n) is 11.0. The Labute approximate surface area is 211 Å². The van der Waals surface area contributed by atoms with Crippen LogP contribution in [0.5, 0.6) is 11.5 Å². The molecule has 35 heavy (non-hydrogen) atoms. The second kappa shape index (κ2) is 12.9. The molecule has 2 aromatic carbocycles. The minimum atomic E-state index is -0.884. The second-order valence-corrected chi connectivity index (χ2v) is 8.64. The number of ether oxygens (including phenoxy) is 3. The number of nitrogens with one attached hydrogen (secondary N) is 3. The van der Waals surface area contributed by atoms with Crippen molar-refractivity contribution in [3.8, 4) is 11.5 Å². The van der Waals surface area contributed by atoms with Gasteiger partial charge in [-0.3, -0.25) is 14.4 Å². The summed E-state index contributed by atoms with van der Waals surface area (Å²) in [4.78, 5) is 36.0. The first kappa shape index (κ1) is 26.2. The quantitative estimate of drug-likeness (QED) is 0.252. The van der Waals surface area contributed by atoms with Crippen molar-refractivity contribution >= 4 is 45.6 Å². The third-order valence-electron chi connectivity index (χ3n) is 5.03. The van der Waals surface area contributed by atoms with Crippen molar-refractivity contribution < 1.29 is 28.6 Å². The van der Waals surface area contributed by atoms with E-state index in [-0.39, 0.29) is 25.2 Å². The zero-order valence-corrected chi connectivity index (χ0v) is 21.0. The average Bonchev–Trinajstić information content (AvgIpc) is 3.36. The molecule has 10 nitrogen and oxygen atoms in total. The summed E-state index contributed by atoms with van der Waals surface area (Å²) in [5.74, 6) is -1.31. The van der Waals surface area contributed by atoms with E-state index in [2.05, 4.69) is 37.1 Å². The number of hydrogen-bond acceptors (Lipinski definition) is 7. The molecule has 186 valence electrons. The maximum absolute atomic E-state index is 12.2. The number of nitrogens with zero attached hydrogens (tertiary/aromatic N) is 1. The van der Waals surface area contributed by atoms with Gasteiger partial charge in [0.2, 0.25) is 0 Å². The van der Waals surface area contributed by atoms with Crippen molar-refractivity contribution in [3.63, 3.8) is 0 Å². The molecule has 3 N–H and O–H groups in total. The Morgan fingerprint density at radius 3 is 2.66 bits per heavy atom. The number of hydrogen-bond donors (Lipinski definition) is 3. The van der Waals surface area contributed by atoms with Gasteiger partial charge in [0, 0.05) is 18.8 Å². The van der Waals surface area contributed by atoms with Crippen LogP contribution in [-0.4, -0.2) is 56.9 Å². The average molecular weight is 547 g/mol. The van der Waals surface area contributed by atoms with Crippen LogP contribution in [0.3, 0.4) is 0 Å². The molecule has 11 heteroatoms. The molecule has 0 radical (unpaired) electrons. The van der Waals surface area contributed by atoms with Gasteiger partial charge in [0.1, 0.15) is 0 Å². The van der Waals surface area contributed by atoms with Crippen LogP contribution in [0.2, 0.25) is 0 Å². The topological polar surface area (TPSA) is 127 Å². The second-order valence-electron chi connectivity index (χ2n) is 7.78. The molecule has 1 aliphatic rings. The highest BCUT2D eigenvalue weighted by molar-refractivity contribution is 9.10. The predicted octanol–water partition coefficient (Wildman–Crippen LogP) is 2.53. The highest BCUT2D eigenvalue weighted by Gasteiger charge is 2.19. The summed E-state index contributed by atoms with van der Waals surface area (Å²) >= 11 is 3.40. The molecule has 1 fully saturated rings. The summed E-state index contributed by atoms with van der Waals surface area (Å²) in [6, 6.07) is 10.7. The zero-order chi connectivity index (χ0) is 25.2. The van der Waals surface area contributed by atoms with Crippen LogP contribution in [0.15, 0.2) is 46.0 Å². The lowest BCUT2D eigenvalue weighted by Crippen LogP contribution is -2.41. The van der Waals surface area contributed by atoms with E-state index in [0.29, 0.717) is 33.8 Å². The van der Waals surface area contributed by atoms with Crippen LogP contribution in [0.1, 0.15) is 24.0 Å². The Bertz CT molecular complexity index is 1080. The lowest BCUT2D eigenvalue weighted by molar-refractivity contribution is -0.139. The minimum Gasteiger partial charge on any atom is -0.493 e. The number of halogens is 1. The number of anilines is 1. The van der Waals surface area contributed by atoms with E-state index >= 15 is 0 Å². The molecule has 0 bridgehead atoms. The summed E-state index contributed by atoms with van der Waals surface area (Å²) in [7, 11) is 1.46. The van der Waals surface area contributed by atoms with Crippen LogP contribution >= 0.6 is 15.9 Å². The Morgan fingerprint density at radius 1 is 1.20 bits per heavy atom. The summed E-state index contributed by atoms with van der Waals surface area (Å²) < 4.78 is 16.9. The van der Waals surface area contributed by atoms with Gasteiger partial charge in [-0.1, -0.05) is 17.7 Å². The molecule has 0 saturated carbocycles. The van der Waals surface area contributed by atoms with Gasteiger partial charge in [0.25, 0.3) is 5.91 Å². The van der Waals surface area contributed by atoms with Gasteiger partial charge >= 0.3 is 11.8 Å². The molecule has 2 aromatic rings. The molecular weight excluding hydrogens is 520 g/mol. The monoisotopic (exact) mass is 546 g/mol. The Morgan fingerprint density at radius 2 is 1.97 bits per heavy atom. The van der Waals surface area contributed by atoms with Crippen molar-refractivity contribution in [2.75, 3.05) is 32.2 Å².